The van der Waals surface area contributed by atoms with Gasteiger partial charge < -0.3 is 5.32 Å². The Morgan fingerprint density at radius 3 is 2.80 bits per heavy atom. The first-order chi connectivity index (χ1) is 9.67. The van der Waals surface area contributed by atoms with Crippen molar-refractivity contribution >= 4 is 28.9 Å². The summed E-state index contributed by atoms with van der Waals surface area (Å²) in [4.78, 5) is 0. The quantitative estimate of drug-likeness (QED) is 0.850. The van der Waals surface area contributed by atoms with Crippen molar-refractivity contribution in [3.63, 3.8) is 0 Å². The van der Waals surface area contributed by atoms with Crippen molar-refractivity contribution in [3.8, 4) is 6.07 Å². The van der Waals surface area contributed by atoms with Crippen LogP contribution >= 0.6 is 23.2 Å². The topological polar surface area (TPSA) is 35.8 Å². The predicted molar refractivity (Wildman–Crippen MR) is 82.3 cm³/mol. The smallest absolute Gasteiger partial charge is 0.101 e. The highest BCUT2D eigenvalue weighted by atomic mass is 35.5. The molecule has 1 aliphatic carbocycles. The van der Waals surface area contributed by atoms with Crippen LogP contribution in [-0.4, -0.2) is 0 Å². The molecule has 0 radical (unpaired) electrons. The van der Waals surface area contributed by atoms with E-state index in [1.165, 1.54) is 11.1 Å². The lowest BCUT2D eigenvalue weighted by molar-refractivity contribution is 0.762. The van der Waals surface area contributed by atoms with Crippen molar-refractivity contribution in [1.29, 1.82) is 5.26 Å². The molecule has 1 N–H and O–H groups in total. The second-order valence-corrected chi connectivity index (χ2v) is 5.73. The third kappa shape index (κ3) is 2.47. The number of benzene rings is 2. The summed E-state index contributed by atoms with van der Waals surface area (Å²) in [6.07, 6.45) is 2.05. The van der Waals surface area contributed by atoms with Crippen molar-refractivity contribution in [3.05, 3.63) is 63.1 Å². The first-order valence-electron chi connectivity index (χ1n) is 6.42. The zero-order valence-corrected chi connectivity index (χ0v) is 12.2. The molecule has 4 heteroatoms. The molecule has 1 unspecified atom stereocenters. The second kappa shape index (κ2) is 5.36. The summed E-state index contributed by atoms with van der Waals surface area (Å²) in [5, 5.41) is 13.7. The van der Waals surface area contributed by atoms with Crippen LogP contribution in [0.3, 0.4) is 0 Å². The molecule has 0 aliphatic heterocycles. The fourth-order valence-corrected chi connectivity index (χ4v) is 2.99. The van der Waals surface area contributed by atoms with Gasteiger partial charge in [0.2, 0.25) is 0 Å². The van der Waals surface area contributed by atoms with Crippen LogP contribution in [0.15, 0.2) is 36.4 Å². The number of fused-ring (bicyclic) bond motifs is 1. The molecule has 2 nitrogen and oxygen atoms in total. The normalized spacial score (nSPS) is 16.6. The monoisotopic (exact) mass is 302 g/mol. The molecule has 0 heterocycles. The molecular formula is C16H12Cl2N2. The summed E-state index contributed by atoms with van der Waals surface area (Å²) >= 11 is 12.0. The lowest BCUT2D eigenvalue weighted by atomic mass is 10.1. The van der Waals surface area contributed by atoms with Gasteiger partial charge in [-0.2, -0.15) is 5.26 Å². The highest BCUT2D eigenvalue weighted by molar-refractivity contribution is 6.31. The second-order valence-electron chi connectivity index (χ2n) is 4.89. The van der Waals surface area contributed by atoms with Crippen LogP contribution in [0.1, 0.15) is 29.2 Å². The summed E-state index contributed by atoms with van der Waals surface area (Å²) in [5.41, 5.74) is 3.98. The van der Waals surface area contributed by atoms with Crippen LogP contribution in [0.5, 0.6) is 0 Å². The lowest BCUT2D eigenvalue weighted by Gasteiger charge is -2.16. The first kappa shape index (κ1) is 13.3. The molecular weight excluding hydrogens is 291 g/mol. The van der Waals surface area contributed by atoms with Gasteiger partial charge in [-0.15, -0.1) is 0 Å². The van der Waals surface area contributed by atoms with E-state index >= 15 is 0 Å². The Bertz CT molecular complexity index is 704. The van der Waals surface area contributed by atoms with Crippen LogP contribution < -0.4 is 5.32 Å². The summed E-state index contributed by atoms with van der Waals surface area (Å²) in [7, 11) is 0. The fourth-order valence-electron chi connectivity index (χ4n) is 2.64. The molecule has 2 aromatic rings. The lowest BCUT2D eigenvalue weighted by Crippen LogP contribution is -2.07. The third-order valence-corrected chi connectivity index (χ3v) is 4.18. The zero-order valence-electron chi connectivity index (χ0n) is 10.7. The number of nitrogens with one attached hydrogen (secondary N) is 1. The van der Waals surface area contributed by atoms with E-state index in [-0.39, 0.29) is 6.04 Å². The number of hydrogen-bond donors (Lipinski definition) is 1. The van der Waals surface area contributed by atoms with Gasteiger partial charge in [-0.3, -0.25) is 0 Å². The van der Waals surface area contributed by atoms with Gasteiger partial charge in [-0.05, 0) is 54.3 Å². The van der Waals surface area contributed by atoms with Crippen LogP contribution in [0, 0.1) is 11.3 Å². The number of halogens is 2. The Kier molecular flexibility index (Phi) is 3.56. The van der Waals surface area contributed by atoms with Crippen molar-refractivity contribution in [2.45, 2.75) is 18.9 Å². The maximum Gasteiger partial charge on any atom is 0.101 e. The number of aryl methyl sites for hydroxylation is 1. The Hall–Kier alpha value is -1.69. The number of nitrogens with zero attached hydrogens (tertiary/aromatic N) is 1. The van der Waals surface area contributed by atoms with Gasteiger partial charge in [0.1, 0.15) is 6.07 Å². The molecule has 20 heavy (non-hydrogen) atoms. The molecule has 100 valence electrons. The van der Waals surface area contributed by atoms with Crippen LogP contribution in [0.25, 0.3) is 0 Å². The van der Waals surface area contributed by atoms with Crippen molar-refractivity contribution in [2.24, 2.45) is 0 Å². The van der Waals surface area contributed by atoms with E-state index in [4.69, 9.17) is 28.5 Å². The van der Waals surface area contributed by atoms with Crippen LogP contribution in [-0.2, 0) is 6.42 Å². The molecule has 0 aromatic heterocycles. The molecule has 0 saturated heterocycles. The molecule has 1 aliphatic rings. The molecule has 0 saturated carbocycles. The van der Waals surface area contributed by atoms with E-state index in [1.807, 2.05) is 18.2 Å². The number of hydrogen-bond acceptors (Lipinski definition) is 2. The van der Waals surface area contributed by atoms with E-state index in [9.17, 15) is 0 Å². The maximum absolute atomic E-state index is 9.02. The average Bonchev–Trinajstić information content (AvgIpc) is 2.83. The Balaban J connectivity index is 1.86. The summed E-state index contributed by atoms with van der Waals surface area (Å²) in [5.74, 6) is 0. The van der Waals surface area contributed by atoms with Gasteiger partial charge in [-0.25, -0.2) is 0 Å². The van der Waals surface area contributed by atoms with E-state index < -0.39 is 0 Å². The van der Waals surface area contributed by atoms with Crippen molar-refractivity contribution in [1.82, 2.24) is 0 Å². The van der Waals surface area contributed by atoms with Gasteiger partial charge in [0.25, 0.3) is 0 Å². The number of anilines is 1. The number of nitriles is 1. The molecule has 0 bridgehead atoms. The summed E-state index contributed by atoms with van der Waals surface area (Å²) < 4.78 is 0. The molecule has 2 aromatic carbocycles. The first-order valence-corrected chi connectivity index (χ1v) is 7.17. The van der Waals surface area contributed by atoms with E-state index in [0.29, 0.717) is 10.6 Å². The minimum absolute atomic E-state index is 0.259. The zero-order chi connectivity index (χ0) is 14.1. The standard InChI is InChI=1S/C16H12Cl2N2/c17-12-2-4-14-10(7-12)1-6-16(14)20-13-3-5-15(18)11(8-13)9-19/h2-5,7-8,16,20H,1,6H2. The van der Waals surface area contributed by atoms with Crippen LogP contribution in [0.4, 0.5) is 5.69 Å². The molecule has 1 atom stereocenters. The summed E-state index contributed by atoms with van der Waals surface area (Å²) in [6, 6.07) is 13.8. The number of rotatable bonds is 2. The highest BCUT2D eigenvalue weighted by Crippen LogP contribution is 2.35. The van der Waals surface area contributed by atoms with Gasteiger partial charge in [0.05, 0.1) is 16.6 Å². The van der Waals surface area contributed by atoms with Gasteiger partial charge in [0.15, 0.2) is 0 Å². The Morgan fingerprint density at radius 1 is 1.15 bits per heavy atom. The maximum atomic E-state index is 9.02. The van der Waals surface area contributed by atoms with Crippen molar-refractivity contribution in [2.75, 3.05) is 5.32 Å². The Morgan fingerprint density at radius 2 is 2.00 bits per heavy atom. The molecule has 0 fully saturated rings. The van der Waals surface area contributed by atoms with Crippen molar-refractivity contribution < 1.29 is 0 Å². The third-order valence-electron chi connectivity index (χ3n) is 3.61. The SMILES string of the molecule is N#Cc1cc(NC2CCc3cc(Cl)ccc32)ccc1Cl. The van der Waals surface area contributed by atoms with Gasteiger partial charge in [-0.1, -0.05) is 29.3 Å². The van der Waals surface area contributed by atoms with E-state index in [1.54, 1.807) is 12.1 Å². The average molecular weight is 303 g/mol. The molecule has 3 rings (SSSR count). The Labute approximate surface area is 127 Å². The van der Waals surface area contributed by atoms with E-state index in [2.05, 4.69) is 17.5 Å². The molecule has 0 spiro atoms. The summed E-state index contributed by atoms with van der Waals surface area (Å²) in [6.45, 7) is 0. The highest BCUT2D eigenvalue weighted by Gasteiger charge is 2.22. The minimum Gasteiger partial charge on any atom is -0.378 e. The van der Waals surface area contributed by atoms with Crippen LogP contribution in [0.2, 0.25) is 10.0 Å². The predicted octanol–water partition coefficient (Wildman–Crippen LogP) is 4.96. The van der Waals surface area contributed by atoms with Gasteiger partial charge >= 0.3 is 0 Å². The van der Waals surface area contributed by atoms with E-state index in [0.717, 1.165) is 23.6 Å². The fraction of sp³-hybridized carbons (Fsp3) is 0.188. The minimum atomic E-state index is 0.259. The molecule has 0 amide bonds. The largest absolute Gasteiger partial charge is 0.378 e. The van der Waals surface area contributed by atoms with Gasteiger partial charge in [0, 0.05) is 10.7 Å².